The van der Waals surface area contributed by atoms with E-state index in [4.69, 9.17) is 10.5 Å². The monoisotopic (exact) mass is 241 g/mol. The van der Waals surface area contributed by atoms with Crippen molar-refractivity contribution < 1.29 is 9.13 Å². The van der Waals surface area contributed by atoms with Gasteiger partial charge in [-0.3, -0.25) is 0 Å². The summed E-state index contributed by atoms with van der Waals surface area (Å²) in [6, 6.07) is 3.05. The molecule has 4 heteroatoms. The molecule has 0 spiro atoms. The van der Waals surface area contributed by atoms with E-state index in [9.17, 15) is 4.39 Å². The summed E-state index contributed by atoms with van der Waals surface area (Å²) < 4.78 is 18.8. The maximum Gasteiger partial charge on any atom is 0.143 e. The van der Waals surface area contributed by atoms with Gasteiger partial charge in [-0.2, -0.15) is 0 Å². The quantitative estimate of drug-likeness (QED) is 0.823. The number of benzene rings is 1. The average Bonchev–Trinajstić information content (AvgIpc) is 2.75. The number of thioether (sulfide) groups is 1. The molecule has 0 atom stereocenters. The van der Waals surface area contributed by atoms with Gasteiger partial charge in [-0.05, 0) is 18.9 Å². The number of anilines is 1. The Bertz CT molecular complexity index is 378. The molecule has 1 aliphatic carbocycles. The van der Waals surface area contributed by atoms with Crippen molar-refractivity contribution in [2.24, 2.45) is 0 Å². The first-order chi connectivity index (χ1) is 7.70. The Morgan fingerprint density at radius 2 is 2.06 bits per heavy atom. The van der Waals surface area contributed by atoms with Gasteiger partial charge < -0.3 is 10.5 Å². The molecule has 2 N–H and O–H groups in total. The van der Waals surface area contributed by atoms with Crippen LogP contribution in [0.15, 0.2) is 17.0 Å². The van der Waals surface area contributed by atoms with Gasteiger partial charge >= 0.3 is 0 Å². The van der Waals surface area contributed by atoms with Crippen LogP contribution in [0, 0.1) is 5.82 Å². The van der Waals surface area contributed by atoms with Crippen molar-refractivity contribution in [1.82, 2.24) is 0 Å². The molecular weight excluding hydrogens is 225 g/mol. The standard InChI is InChI=1S/C12H16FNOS/c1-15-11-7-12(9(13)6-10(11)14)16-8-4-2-3-5-8/h6-8H,2-5,14H2,1H3. The Morgan fingerprint density at radius 1 is 1.38 bits per heavy atom. The smallest absolute Gasteiger partial charge is 0.143 e. The van der Waals surface area contributed by atoms with Gasteiger partial charge in [-0.1, -0.05) is 12.8 Å². The largest absolute Gasteiger partial charge is 0.495 e. The van der Waals surface area contributed by atoms with Crippen molar-refractivity contribution in [3.8, 4) is 5.75 Å². The molecule has 1 saturated carbocycles. The predicted octanol–water partition coefficient (Wildman–Crippen LogP) is 3.45. The van der Waals surface area contributed by atoms with Crippen LogP contribution in [-0.4, -0.2) is 12.4 Å². The zero-order valence-corrected chi connectivity index (χ0v) is 10.1. The Labute approximate surface area is 99.4 Å². The van der Waals surface area contributed by atoms with Gasteiger partial charge in [0.1, 0.15) is 11.6 Å². The minimum atomic E-state index is -0.241. The molecule has 1 fully saturated rings. The molecule has 0 aromatic heterocycles. The molecule has 2 nitrogen and oxygen atoms in total. The summed E-state index contributed by atoms with van der Waals surface area (Å²) in [5.74, 6) is 0.317. The molecular formula is C12H16FNOS. The van der Waals surface area contributed by atoms with Gasteiger partial charge in [0, 0.05) is 16.2 Å². The maximum atomic E-state index is 13.7. The fourth-order valence-corrected chi connectivity index (χ4v) is 3.28. The molecule has 88 valence electrons. The predicted molar refractivity (Wildman–Crippen MR) is 65.5 cm³/mol. The molecule has 0 bridgehead atoms. The SMILES string of the molecule is COc1cc(SC2CCCC2)c(F)cc1N. The highest BCUT2D eigenvalue weighted by Gasteiger charge is 2.19. The second-order valence-corrected chi connectivity index (χ2v) is 5.39. The van der Waals surface area contributed by atoms with E-state index in [-0.39, 0.29) is 5.82 Å². The van der Waals surface area contributed by atoms with Crippen LogP contribution in [0.2, 0.25) is 0 Å². The lowest BCUT2D eigenvalue weighted by Gasteiger charge is -2.12. The molecule has 0 aliphatic heterocycles. The molecule has 1 aromatic carbocycles. The van der Waals surface area contributed by atoms with Crippen LogP contribution in [0.25, 0.3) is 0 Å². The van der Waals surface area contributed by atoms with Crippen LogP contribution in [0.5, 0.6) is 5.75 Å². The number of nitrogen functional groups attached to an aromatic ring is 1. The van der Waals surface area contributed by atoms with E-state index in [1.807, 2.05) is 0 Å². The number of hydrogen-bond donors (Lipinski definition) is 1. The molecule has 0 saturated heterocycles. The number of nitrogens with two attached hydrogens (primary N) is 1. The first-order valence-electron chi connectivity index (χ1n) is 5.50. The third-order valence-corrected chi connectivity index (χ3v) is 4.25. The first-order valence-corrected chi connectivity index (χ1v) is 6.38. The topological polar surface area (TPSA) is 35.2 Å². The molecule has 0 amide bonds. The van der Waals surface area contributed by atoms with Gasteiger partial charge in [0.05, 0.1) is 12.8 Å². The van der Waals surface area contributed by atoms with Crippen molar-refractivity contribution in [3.05, 3.63) is 17.9 Å². The van der Waals surface area contributed by atoms with Gasteiger partial charge in [-0.15, -0.1) is 11.8 Å². The molecule has 2 rings (SSSR count). The lowest BCUT2D eigenvalue weighted by atomic mass is 10.3. The van der Waals surface area contributed by atoms with Crippen molar-refractivity contribution >= 4 is 17.4 Å². The van der Waals surface area contributed by atoms with Crippen LogP contribution >= 0.6 is 11.8 Å². The average molecular weight is 241 g/mol. The van der Waals surface area contributed by atoms with E-state index in [0.29, 0.717) is 21.6 Å². The fourth-order valence-electron chi connectivity index (χ4n) is 2.00. The van der Waals surface area contributed by atoms with Crippen molar-refractivity contribution in [2.45, 2.75) is 35.8 Å². The molecule has 16 heavy (non-hydrogen) atoms. The Balaban J connectivity index is 2.18. The van der Waals surface area contributed by atoms with E-state index < -0.39 is 0 Å². The van der Waals surface area contributed by atoms with Gasteiger partial charge in [0.2, 0.25) is 0 Å². The van der Waals surface area contributed by atoms with Crippen molar-refractivity contribution in [3.63, 3.8) is 0 Å². The minimum Gasteiger partial charge on any atom is -0.495 e. The van der Waals surface area contributed by atoms with E-state index in [2.05, 4.69) is 0 Å². The highest BCUT2D eigenvalue weighted by molar-refractivity contribution is 8.00. The lowest BCUT2D eigenvalue weighted by molar-refractivity contribution is 0.414. The molecule has 1 aliphatic rings. The molecule has 0 unspecified atom stereocenters. The summed E-state index contributed by atoms with van der Waals surface area (Å²) in [5, 5.41) is 0.544. The number of hydrogen-bond acceptors (Lipinski definition) is 3. The van der Waals surface area contributed by atoms with Gasteiger partial charge in [0.25, 0.3) is 0 Å². The number of methoxy groups -OCH3 is 1. The second-order valence-electron chi connectivity index (χ2n) is 4.05. The normalized spacial score (nSPS) is 16.6. The summed E-state index contributed by atoms with van der Waals surface area (Å²) in [6.45, 7) is 0. The zero-order valence-electron chi connectivity index (χ0n) is 9.33. The Morgan fingerprint density at radius 3 is 2.69 bits per heavy atom. The van der Waals surface area contributed by atoms with Crippen LogP contribution < -0.4 is 10.5 Å². The van der Waals surface area contributed by atoms with Crippen molar-refractivity contribution in [1.29, 1.82) is 0 Å². The summed E-state index contributed by atoms with van der Waals surface area (Å²) in [7, 11) is 1.55. The van der Waals surface area contributed by atoms with E-state index >= 15 is 0 Å². The third kappa shape index (κ3) is 2.43. The summed E-state index contributed by atoms with van der Waals surface area (Å²) in [6.07, 6.45) is 4.87. The Kier molecular flexibility index (Phi) is 3.59. The number of halogens is 1. The number of rotatable bonds is 3. The summed E-state index contributed by atoms with van der Waals surface area (Å²) in [4.78, 5) is 0.651. The van der Waals surface area contributed by atoms with Crippen molar-refractivity contribution in [2.75, 3.05) is 12.8 Å². The lowest BCUT2D eigenvalue weighted by Crippen LogP contribution is -1.98. The van der Waals surface area contributed by atoms with Crippen LogP contribution in [0.1, 0.15) is 25.7 Å². The molecule has 0 heterocycles. The highest BCUT2D eigenvalue weighted by Crippen LogP contribution is 2.38. The summed E-state index contributed by atoms with van der Waals surface area (Å²) in [5.41, 5.74) is 5.99. The maximum absolute atomic E-state index is 13.7. The van der Waals surface area contributed by atoms with E-state index in [0.717, 1.165) is 0 Å². The first kappa shape index (κ1) is 11.6. The van der Waals surface area contributed by atoms with Crippen LogP contribution in [-0.2, 0) is 0 Å². The van der Waals surface area contributed by atoms with Gasteiger partial charge in [-0.25, -0.2) is 4.39 Å². The second kappa shape index (κ2) is 4.95. The van der Waals surface area contributed by atoms with E-state index in [1.54, 1.807) is 24.9 Å². The highest BCUT2D eigenvalue weighted by atomic mass is 32.2. The zero-order chi connectivity index (χ0) is 11.5. The fraction of sp³-hybridized carbons (Fsp3) is 0.500. The third-order valence-electron chi connectivity index (χ3n) is 2.88. The van der Waals surface area contributed by atoms with Crippen LogP contribution in [0.3, 0.4) is 0 Å². The van der Waals surface area contributed by atoms with E-state index in [1.165, 1.54) is 31.7 Å². The molecule has 0 radical (unpaired) electrons. The Hall–Kier alpha value is -0.900. The minimum absolute atomic E-state index is 0.241. The number of ether oxygens (including phenoxy) is 1. The van der Waals surface area contributed by atoms with Crippen LogP contribution in [0.4, 0.5) is 10.1 Å². The van der Waals surface area contributed by atoms with Gasteiger partial charge in [0.15, 0.2) is 0 Å². The summed E-state index contributed by atoms with van der Waals surface area (Å²) >= 11 is 1.61. The molecule has 1 aromatic rings.